The van der Waals surface area contributed by atoms with Crippen LogP contribution in [0.3, 0.4) is 0 Å². The highest BCUT2D eigenvalue weighted by molar-refractivity contribution is 5.02. The van der Waals surface area contributed by atoms with E-state index < -0.39 is 0 Å². The SMILES string of the molecule is NC1=CN([C@@H]2CCCNC2)CN1. The van der Waals surface area contributed by atoms with Crippen LogP contribution in [0, 0.1) is 0 Å². The van der Waals surface area contributed by atoms with Crippen LogP contribution in [-0.4, -0.2) is 30.7 Å². The quantitative estimate of drug-likeness (QED) is 0.487. The highest BCUT2D eigenvalue weighted by Crippen LogP contribution is 2.12. The molecule has 1 saturated heterocycles. The first kappa shape index (κ1) is 7.73. The van der Waals surface area contributed by atoms with Gasteiger partial charge in [0.1, 0.15) is 5.82 Å². The molecule has 0 spiro atoms. The molecule has 4 nitrogen and oxygen atoms in total. The first-order valence-electron chi connectivity index (χ1n) is 4.54. The zero-order valence-corrected chi connectivity index (χ0v) is 7.21. The highest BCUT2D eigenvalue weighted by atomic mass is 15.3. The van der Waals surface area contributed by atoms with Crippen LogP contribution in [-0.2, 0) is 0 Å². The molecule has 0 amide bonds. The lowest BCUT2D eigenvalue weighted by Crippen LogP contribution is -2.44. The van der Waals surface area contributed by atoms with Crippen LogP contribution in [0.2, 0.25) is 0 Å². The number of piperidine rings is 1. The summed E-state index contributed by atoms with van der Waals surface area (Å²) in [5, 5.41) is 6.49. The van der Waals surface area contributed by atoms with Crippen molar-refractivity contribution in [3.63, 3.8) is 0 Å². The van der Waals surface area contributed by atoms with Crippen molar-refractivity contribution in [3.8, 4) is 0 Å². The number of nitrogens with one attached hydrogen (secondary N) is 2. The zero-order valence-electron chi connectivity index (χ0n) is 7.21. The Balaban J connectivity index is 1.91. The molecule has 0 saturated carbocycles. The smallest absolute Gasteiger partial charge is 0.114 e. The van der Waals surface area contributed by atoms with E-state index in [4.69, 9.17) is 5.73 Å². The average Bonchev–Trinajstić information content (AvgIpc) is 2.54. The lowest BCUT2D eigenvalue weighted by molar-refractivity contribution is 0.238. The summed E-state index contributed by atoms with van der Waals surface area (Å²) in [6, 6.07) is 0.632. The first-order valence-corrected chi connectivity index (χ1v) is 4.54. The van der Waals surface area contributed by atoms with Crippen LogP contribution in [0.15, 0.2) is 12.0 Å². The maximum Gasteiger partial charge on any atom is 0.114 e. The summed E-state index contributed by atoms with van der Waals surface area (Å²) in [5.74, 6) is 0.792. The first-order chi connectivity index (χ1) is 5.86. The van der Waals surface area contributed by atoms with Crippen molar-refractivity contribution in [1.82, 2.24) is 15.5 Å². The van der Waals surface area contributed by atoms with Gasteiger partial charge in [0, 0.05) is 18.8 Å². The predicted octanol–water partition coefficient (Wildman–Crippen LogP) is -0.641. The summed E-state index contributed by atoms with van der Waals surface area (Å²) < 4.78 is 0. The van der Waals surface area contributed by atoms with Crippen molar-refractivity contribution in [2.24, 2.45) is 5.73 Å². The molecule has 68 valence electrons. The standard InChI is InChI=1S/C8H16N4/c9-8-5-12(6-11-8)7-2-1-3-10-4-7/h5,7,10-11H,1-4,6,9H2/t7-/m1/s1. The molecule has 4 heteroatoms. The van der Waals surface area contributed by atoms with Crippen molar-refractivity contribution < 1.29 is 0 Å². The molecule has 2 aliphatic heterocycles. The third-order valence-electron chi connectivity index (χ3n) is 2.51. The van der Waals surface area contributed by atoms with E-state index in [1.54, 1.807) is 0 Å². The molecular formula is C8H16N4. The Hall–Kier alpha value is -0.900. The molecule has 4 N–H and O–H groups in total. The second kappa shape index (κ2) is 3.23. The molecule has 2 heterocycles. The van der Waals surface area contributed by atoms with Gasteiger partial charge in [0.05, 0.1) is 6.67 Å². The highest BCUT2D eigenvalue weighted by Gasteiger charge is 2.21. The van der Waals surface area contributed by atoms with Crippen LogP contribution < -0.4 is 16.4 Å². The van der Waals surface area contributed by atoms with Gasteiger partial charge in [-0.25, -0.2) is 0 Å². The molecule has 2 rings (SSSR count). The van der Waals surface area contributed by atoms with Crippen molar-refractivity contribution >= 4 is 0 Å². The Kier molecular flexibility index (Phi) is 2.08. The molecule has 0 radical (unpaired) electrons. The van der Waals surface area contributed by atoms with Crippen molar-refractivity contribution in [1.29, 1.82) is 0 Å². The van der Waals surface area contributed by atoms with E-state index in [9.17, 15) is 0 Å². The fraction of sp³-hybridized carbons (Fsp3) is 0.750. The maximum absolute atomic E-state index is 5.62. The van der Waals surface area contributed by atoms with E-state index in [2.05, 4.69) is 15.5 Å². The van der Waals surface area contributed by atoms with Crippen LogP contribution in [0.4, 0.5) is 0 Å². The number of nitrogens with zero attached hydrogens (tertiary/aromatic N) is 1. The molecule has 0 aromatic carbocycles. The monoisotopic (exact) mass is 168 g/mol. The van der Waals surface area contributed by atoms with E-state index in [1.807, 2.05) is 6.20 Å². The van der Waals surface area contributed by atoms with Gasteiger partial charge >= 0.3 is 0 Å². The molecular weight excluding hydrogens is 152 g/mol. The summed E-state index contributed by atoms with van der Waals surface area (Å²) >= 11 is 0. The number of nitrogens with two attached hydrogens (primary N) is 1. The topological polar surface area (TPSA) is 53.3 Å². The molecule has 1 atom stereocenters. The van der Waals surface area contributed by atoms with Gasteiger partial charge in [0.15, 0.2) is 0 Å². The molecule has 2 aliphatic rings. The second-order valence-corrected chi connectivity index (χ2v) is 3.43. The third-order valence-corrected chi connectivity index (χ3v) is 2.51. The second-order valence-electron chi connectivity index (χ2n) is 3.43. The van der Waals surface area contributed by atoms with Gasteiger partial charge in [0.2, 0.25) is 0 Å². The van der Waals surface area contributed by atoms with Crippen LogP contribution in [0.1, 0.15) is 12.8 Å². The minimum atomic E-state index is 0.632. The van der Waals surface area contributed by atoms with Gasteiger partial charge in [-0.3, -0.25) is 0 Å². The van der Waals surface area contributed by atoms with Crippen LogP contribution in [0.5, 0.6) is 0 Å². The van der Waals surface area contributed by atoms with Crippen LogP contribution >= 0.6 is 0 Å². The minimum absolute atomic E-state index is 0.632. The third kappa shape index (κ3) is 1.48. The van der Waals surface area contributed by atoms with Gasteiger partial charge < -0.3 is 21.3 Å². The largest absolute Gasteiger partial charge is 0.384 e. The Morgan fingerprint density at radius 1 is 1.58 bits per heavy atom. The van der Waals surface area contributed by atoms with Gasteiger partial charge in [0.25, 0.3) is 0 Å². The average molecular weight is 168 g/mol. The molecule has 1 fully saturated rings. The normalized spacial score (nSPS) is 29.8. The fourth-order valence-electron chi connectivity index (χ4n) is 1.80. The molecule has 0 aromatic rings. The minimum Gasteiger partial charge on any atom is -0.384 e. The summed E-state index contributed by atoms with van der Waals surface area (Å²) in [7, 11) is 0. The van der Waals surface area contributed by atoms with Gasteiger partial charge in [-0.1, -0.05) is 0 Å². The Morgan fingerprint density at radius 2 is 2.50 bits per heavy atom. The Morgan fingerprint density at radius 3 is 3.08 bits per heavy atom. The Labute approximate surface area is 72.8 Å². The van der Waals surface area contributed by atoms with E-state index in [0.717, 1.165) is 25.6 Å². The summed E-state index contributed by atoms with van der Waals surface area (Å²) in [5.41, 5.74) is 5.62. The van der Waals surface area contributed by atoms with E-state index in [1.165, 1.54) is 12.8 Å². The predicted molar refractivity (Wildman–Crippen MR) is 48.0 cm³/mol. The van der Waals surface area contributed by atoms with Crippen molar-refractivity contribution in [3.05, 3.63) is 12.0 Å². The van der Waals surface area contributed by atoms with Crippen LogP contribution in [0.25, 0.3) is 0 Å². The number of rotatable bonds is 1. The lowest BCUT2D eigenvalue weighted by Gasteiger charge is -2.30. The van der Waals surface area contributed by atoms with Crippen molar-refractivity contribution in [2.45, 2.75) is 18.9 Å². The van der Waals surface area contributed by atoms with Gasteiger partial charge in [-0.05, 0) is 19.4 Å². The molecule has 0 unspecified atom stereocenters. The van der Waals surface area contributed by atoms with E-state index >= 15 is 0 Å². The molecule has 12 heavy (non-hydrogen) atoms. The summed E-state index contributed by atoms with van der Waals surface area (Å²) in [6.45, 7) is 3.13. The summed E-state index contributed by atoms with van der Waals surface area (Å²) in [4.78, 5) is 2.28. The number of hydrogen-bond acceptors (Lipinski definition) is 4. The maximum atomic E-state index is 5.62. The Bertz CT molecular complexity index is 183. The van der Waals surface area contributed by atoms with E-state index in [0.29, 0.717) is 6.04 Å². The zero-order chi connectivity index (χ0) is 8.39. The van der Waals surface area contributed by atoms with Gasteiger partial charge in [-0.15, -0.1) is 0 Å². The van der Waals surface area contributed by atoms with E-state index in [-0.39, 0.29) is 0 Å². The van der Waals surface area contributed by atoms with Crippen molar-refractivity contribution in [2.75, 3.05) is 19.8 Å². The fourth-order valence-corrected chi connectivity index (χ4v) is 1.80. The molecule has 0 bridgehead atoms. The molecule has 0 aromatic heterocycles. The summed E-state index contributed by atoms with van der Waals surface area (Å²) in [6.07, 6.45) is 4.56. The lowest BCUT2D eigenvalue weighted by atomic mass is 10.1. The number of hydrogen-bond donors (Lipinski definition) is 3. The molecule has 0 aliphatic carbocycles. The van der Waals surface area contributed by atoms with Gasteiger partial charge in [-0.2, -0.15) is 0 Å².